The maximum atomic E-state index is 12.3. The van der Waals surface area contributed by atoms with Gasteiger partial charge in [0.2, 0.25) is 0 Å². The fourth-order valence-electron chi connectivity index (χ4n) is 1.80. The van der Waals surface area contributed by atoms with E-state index in [0.717, 1.165) is 11.3 Å². The minimum absolute atomic E-state index is 0.185. The number of hydrogen-bond acceptors (Lipinski definition) is 2. The molecule has 0 aliphatic rings. The summed E-state index contributed by atoms with van der Waals surface area (Å²) in [5.74, 6) is 0.0679. The van der Waals surface area contributed by atoms with Gasteiger partial charge in [-0.15, -0.1) is 0 Å². The molecule has 0 radical (unpaired) electrons. The van der Waals surface area contributed by atoms with E-state index in [1.54, 1.807) is 17.0 Å². The number of amides is 1. The smallest absolute Gasteiger partial charge is 0.294 e. The molecule has 0 aliphatic heterocycles. The van der Waals surface area contributed by atoms with E-state index in [0.29, 0.717) is 6.54 Å². The number of nitrogens with zero attached hydrogens (tertiary/aromatic N) is 1. The lowest BCUT2D eigenvalue weighted by atomic mass is 10.2. The summed E-state index contributed by atoms with van der Waals surface area (Å²) in [5, 5.41) is 0.221. The van der Waals surface area contributed by atoms with Gasteiger partial charge in [0.15, 0.2) is 11.0 Å². The van der Waals surface area contributed by atoms with Crippen LogP contribution in [0.2, 0.25) is 5.22 Å². The molecule has 0 N–H and O–H groups in total. The van der Waals surface area contributed by atoms with Gasteiger partial charge in [-0.05, 0) is 55.3 Å². The Labute approximate surface area is 111 Å². The van der Waals surface area contributed by atoms with E-state index in [4.69, 9.17) is 16.0 Å². The minimum Gasteiger partial charge on any atom is -0.440 e. The largest absolute Gasteiger partial charge is 0.440 e. The molecule has 2 aromatic rings. The highest BCUT2D eigenvalue weighted by molar-refractivity contribution is 6.29. The van der Waals surface area contributed by atoms with Crippen molar-refractivity contribution in [2.24, 2.45) is 0 Å². The van der Waals surface area contributed by atoms with E-state index < -0.39 is 0 Å². The Morgan fingerprint density at radius 1 is 1.33 bits per heavy atom. The van der Waals surface area contributed by atoms with Gasteiger partial charge in [-0.3, -0.25) is 4.79 Å². The summed E-state index contributed by atoms with van der Waals surface area (Å²) >= 11 is 5.69. The van der Waals surface area contributed by atoms with Crippen molar-refractivity contribution in [3.05, 3.63) is 52.9 Å². The molecule has 0 fully saturated rings. The SMILES string of the molecule is CCN(C(=O)c1ccc(Cl)o1)c1cccc(C)c1. The highest BCUT2D eigenvalue weighted by Crippen LogP contribution is 2.20. The third kappa shape index (κ3) is 2.57. The van der Waals surface area contributed by atoms with Crippen LogP contribution < -0.4 is 4.90 Å². The predicted molar refractivity (Wildman–Crippen MR) is 72.2 cm³/mol. The van der Waals surface area contributed by atoms with Crippen molar-refractivity contribution in [2.75, 3.05) is 11.4 Å². The molecule has 0 bridgehead atoms. The Bertz CT molecular complexity index is 562. The molecule has 0 unspecified atom stereocenters. The van der Waals surface area contributed by atoms with Crippen LogP contribution in [0.1, 0.15) is 23.0 Å². The van der Waals surface area contributed by atoms with E-state index in [2.05, 4.69) is 0 Å². The molecule has 0 atom stereocenters. The molecule has 1 heterocycles. The summed E-state index contributed by atoms with van der Waals surface area (Å²) in [6.45, 7) is 4.48. The van der Waals surface area contributed by atoms with Crippen molar-refractivity contribution < 1.29 is 9.21 Å². The predicted octanol–water partition coefficient (Wildman–Crippen LogP) is 3.91. The second kappa shape index (κ2) is 5.27. The number of hydrogen-bond donors (Lipinski definition) is 0. The minimum atomic E-state index is -0.185. The van der Waals surface area contributed by atoms with Gasteiger partial charge < -0.3 is 9.32 Å². The molecule has 0 aliphatic carbocycles. The number of carbonyl (C=O) groups excluding carboxylic acids is 1. The third-order valence-electron chi connectivity index (χ3n) is 2.66. The van der Waals surface area contributed by atoms with Crippen LogP contribution in [-0.4, -0.2) is 12.5 Å². The number of benzene rings is 1. The van der Waals surface area contributed by atoms with Crippen LogP contribution in [0.25, 0.3) is 0 Å². The van der Waals surface area contributed by atoms with E-state index in [1.165, 1.54) is 0 Å². The fraction of sp³-hybridized carbons (Fsp3) is 0.214. The van der Waals surface area contributed by atoms with Gasteiger partial charge in [-0.2, -0.15) is 0 Å². The van der Waals surface area contributed by atoms with Crippen LogP contribution in [0.5, 0.6) is 0 Å². The Kier molecular flexibility index (Phi) is 3.72. The highest BCUT2D eigenvalue weighted by Gasteiger charge is 2.19. The Morgan fingerprint density at radius 2 is 2.11 bits per heavy atom. The quantitative estimate of drug-likeness (QED) is 0.841. The molecule has 0 saturated carbocycles. The Hall–Kier alpha value is -1.74. The molecular formula is C14H14ClNO2. The van der Waals surface area contributed by atoms with E-state index in [9.17, 15) is 4.79 Å². The summed E-state index contributed by atoms with van der Waals surface area (Å²) in [4.78, 5) is 13.9. The van der Waals surface area contributed by atoms with Crippen molar-refractivity contribution >= 4 is 23.2 Å². The van der Waals surface area contributed by atoms with Crippen LogP contribution in [-0.2, 0) is 0 Å². The number of carbonyl (C=O) groups is 1. The van der Waals surface area contributed by atoms with E-state index in [1.807, 2.05) is 38.1 Å². The van der Waals surface area contributed by atoms with Crippen LogP contribution in [0.15, 0.2) is 40.8 Å². The van der Waals surface area contributed by atoms with Gasteiger partial charge in [0.05, 0.1) is 0 Å². The topological polar surface area (TPSA) is 33.5 Å². The molecular weight excluding hydrogens is 250 g/mol. The zero-order chi connectivity index (χ0) is 13.1. The maximum Gasteiger partial charge on any atom is 0.294 e. The molecule has 1 aromatic carbocycles. The first-order valence-corrected chi connectivity index (χ1v) is 6.13. The summed E-state index contributed by atoms with van der Waals surface area (Å²) < 4.78 is 5.15. The average Bonchev–Trinajstić information content (AvgIpc) is 2.77. The molecule has 94 valence electrons. The molecule has 4 heteroatoms. The molecule has 1 amide bonds. The summed E-state index contributed by atoms with van der Waals surface area (Å²) in [5.41, 5.74) is 1.96. The fourth-order valence-corrected chi connectivity index (χ4v) is 1.95. The Balaban J connectivity index is 2.31. The number of aryl methyl sites for hydroxylation is 1. The second-order valence-electron chi connectivity index (χ2n) is 3.99. The lowest BCUT2D eigenvalue weighted by Gasteiger charge is -2.20. The van der Waals surface area contributed by atoms with Crippen LogP contribution in [0.4, 0.5) is 5.69 Å². The van der Waals surface area contributed by atoms with Crippen molar-refractivity contribution in [3.8, 4) is 0 Å². The zero-order valence-corrected chi connectivity index (χ0v) is 11.1. The van der Waals surface area contributed by atoms with Crippen molar-refractivity contribution in [3.63, 3.8) is 0 Å². The zero-order valence-electron chi connectivity index (χ0n) is 10.3. The van der Waals surface area contributed by atoms with E-state index >= 15 is 0 Å². The molecule has 0 spiro atoms. The molecule has 0 saturated heterocycles. The average molecular weight is 264 g/mol. The molecule has 3 nitrogen and oxygen atoms in total. The van der Waals surface area contributed by atoms with Gasteiger partial charge in [0.1, 0.15) is 0 Å². The molecule has 2 rings (SSSR count). The lowest BCUT2D eigenvalue weighted by molar-refractivity contribution is 0.0962. The van der Waals surface area contributed by atoms with Gasteiger partial charge in [-0.1, -0.05) is 12.1 Å². The molecule has 18 heavy (non-hydrogen) atoms. The number of furan rings is 1. The first-order chi connectivity index (χ1) is 8.61. The number of halogens is 1. The van der Waals surface area contributed by atoms with Crippen molar-refractivity contribution in [1.82, 2.24) is 0 Å². The normalized spacial score (nSPS) is 10.4. The van der Waals surface area contributed by atoms with Gasteiger partial charge >= 0.3 is 0 Å². The van der Waals surface area contributed by atoms with Gasteiger partial charge in [-0.25, -0.2) is 0 Å². The lowest BCUT2D eigenvalue weighted by Crippen LogP contribution is -2.30. The first kappa shape index (κ1) is 12.7. The highest BCUT2D eigenvalue weighted by atomic mass is 35.5. The summed E-state index contributed by atoms with van der Waals surface area (Å²) in [6.07, 6.45) is 0. The van der Waals surface area contributed by atoms with Gasteiger partial charge in [0, 0.05) is 12.2 Å². The number of rotatable bonds is 3. The number of anilines is 1. The monoisotopic (exact) mass is 263 g/mol. The standard InChI is InChI=1S/C14H14ClNO2/c1-3-16(11-6-4-5-10(2)9-11)14(17)12-7-8-13(15)18-12/h4-9H,3H2,1-2H3. The summed E-state index contributed by atoms with van der Waals surface area (Å²) in [7, 11) is 0. The molecule has 1 aromatic heterocycles. The van der Waals surface area contributed by atoms with Gasteiger partial charge in [0.25, 0.3) is 5.91 Å². The Morgan fingerprint density at radius 3 is 2.67 bits per heavy atom. The first-order valence-electron chi connectivity index (χ1n) is 5.75. The van der Waals surface area contributed by atoms with Crippen LogP contribution >= 0.6 is 11.6 Å². The van der Waals surface area contributed by atoms with Crippen LogP contribution in [0, 0.1) is 6.92 Å². The van der Waals surface area contributed by atoms with Crippen molar-refractivity contribution in [1.29, 1.82) is 0 Å². The van der Waals surface area contributed by atoms with Crippen LogP contribution in [0.3, 0.4) is 0 Å². The maximum absolute atomic E-state index is 12.3. The second-order valence-corrected chi connectivity index (χ2v) is 4.36. The van der Waals surface area contributed by atoms with E-state index in [-0.39, 0.29) is 16.9 Å². The van der Waals surface area contributed by atoms with Crippen molar-refractivity contribution in [2.45, 2.75) is 13.8 Å². The summed E-state index contributed by atoms with van der Waals surface area (Å²) in [6, 6.07) is 10.9. The third-order valence-corrected chi connectivity index (χ3v) is 2.86.